The quantitative estimate of drug-likeness (QED) is 0.595. The highest BCUT2D eigenvalue weighted by atomic mass is 16.5. The first-order chi connectivity index (χ1) is 5.65. The molecular formula is C7H13BO4. The molecule has 0 aromatic heterocycles. The van der Waals surface area contributed by atoms with E-state index in [2.05, 4.69) is 0 Å². The fourth-order valence-electron chi connectivity index (χ4n) is 1.44. The summed E-state index contributed by atoms with van der Waals surface area (Å²) in [6.45, 7) is 1.96. The van der Waals surface area contributed by atoms with E-state index < -0.39 is 19.2 Å². The third-order valence-electron chi connectivity index (χ3n) is 2.31. The molecule has 0 amide bonds. The van der Waals surface area contributed by atoms with Gasteiger partial charge >= 0.3 is 13.1 Å². The van der Waals surface area contributed by atoms with Crippen molar-refractivity contribution in [3.8, 4) is 0 Å². The molecule has 0 aromatic carbocycles. The molecule has 1 aliphatic heterocycles. The van der Waals surface area contributed by atoms with E-state index in [1.54, 1.807) is 0 Å². The second-order valence-electron chi connectivity index (χ2n) is 3.10. The van der Waals surface area contributed by atoms with E-state index in [-0.39, 0.29) is 5.82 Å². The Balaban J connectivity index is 2.46. The molecule has 0 unspecified atom stereocenters. The molecule has 1 aliphatic rings. The minimum absolute atomic E-state index is 0.0978. The van der Waals surface area contributed by atoms with Gasteiger partial charge in [0.25, 0.3) is 0 Å². The Morgan fingerprint density at radius 3 is 2.75 bits per heavy atom. The Bertz CT molecular complexity index is 173. The van der Waals surface area contributed by atoms with E-state index in [0.717, 1.165) is 12.8 Å². The standard InChI is InChI=1S/C7H13BO4/c1-2-5-3-4-6(7(9)10)12-8(5)11/h5-6,11H,2-4H2,1H3,(H,9,10)/t5-,6+/m0/s1. The van der Waals surface area contributed by atoms with Gasteiger partial charge in [0.05, 0.1) is 0 Å². The van der Waals surface area contributed by atoms with Gasteiger partial charge in [-0.2, -0.15) is 0 Å². The molecule has 12 heavy (non-hydrogen) atoms. The molecule has 1 rings (SSSR count). The van der Waals surface area contributed by atoms with Crippen molar-refractivity contribution in [2.24, 2.45) is 0 Å². The highest BCUT2D eigenvalue weighted by Crippen LogP contribution is 2.28. The van der Waals surface area contributed by atoms with Crippen LogP contribution in [0.2, 0.25) is 5.82 Å². The second kappa shape index (κ2) is 3.91. The predicted molar refractivity (Wildman–Crippen MR) is 43.8 cm³/mol. The zero-order chi connectivity index (χ0) is 9.14. The van der Waals surface area contributed by atoms with Crippen molar-refractivity contribution >= 4 is 13.1 Å². The summed E-state index contributed by atoms with van der Waals surface area (Å²) in [7, 11) is -0.898. The van der Waals surface area contributed by atoms with Gasteiger partial charge in [-0.15, -0.1) is 0 Å². The minimum atomic E-state index is -0.983. The van der Waals surface area contributed by atoms with Crippen molar-refractivity contribution in [3.63, 3.8) is 0 Å². The minimum Gasteiger partial charge on any atom is -0.479 e. The van der Waals surface area contributed by atoms with Gasteiger partial charge in [0.1, 0.15) is 6.10 Å². The van der Waals surface area contributed by atoms with E-state index in [0.29, 0.717) is 6.42 Å². The second-order valence-corrected chi connectivity index (χ2v) is 3.10. The van der Waals surface area contributed by atoms with Crippen molar-refractivity contribution in [1.82, 2.24) is 0 Å². The maximum atomic E-state index is 10.5. The molecule has 0 radical (unpaired) electrons. The molecule has 5 heteroatoms. The summed E-state index contributed by atoms with van der Waals surface area (Å²) < 4.78 is 4.91. The highest BCUT2D eigenvalue weighted by Gasteiger charge is 2.36. The molecule has 0 aliphatic carbocycles. The monoisotopic (exact) mass is 172 g/mol. The Morgan fingerprint density at radius 1 is 1.67 bits per heavy atom. The summed E-state index contributed by atoms with van der Waals surface area (Å²) in [5.74, 6) is -0.885. The number of hydrogen-bond acceptors (Lipinski definition) is 3. The van der Waals surface area contributed by atoms with E-state index in [1.807, 2.05) is 6.92 Å². The van der Waals surface area contributed by atoms with E-state index in [4.69, 9.17) is 9.76 Å². The van der Waals surface area contributed by atoms with Crippen LogP contribution in [0.5, 0.6) is 0 Å². The summed E-state index contributed by atoms with van der Waals surface area (Å²) in [5, 5.41) is 17.9. The van der Waals surface area contributed by atoms with Gasteiger partial charge in [-0.3, -0.25) is 0 Å². The van der Waals surface area contributed by atoms with Gasteiger partial charge in [-0.05, 0) is 18.7 Å². The molecule has 1 saturated heterocycles. The molecule has 0 saturated carbocycles. The van der Waals surface area contributed by atoms with Crippen LogP contribution in [0.25, 0.3) is 0 Å². The van der Waals surface area contributed by atoms with Crippen LogP contribution in [0, 0.1) is 0 Å². The lowest BCUT2D eigenvalue weighted by atomic mass is 9.65. The molecule has 0 spiro atoms. The number of carboxylic acid groups (broad SMARTS) is 1. The average Bonchev–Trinajstić information content (AvgIpc) is 2.04. The summed E-state index contributed by atoms with van der Waals surface area (Å²) in [6.07, 6.45) is 1.25. The zero-order valence-corrected chi connectivity index (χ0v) is 7.06. The predicted octanol–water partition coefficient (Wildman–Crippen LogP) is 0.511. The Kier molecular flexibility index (Phi) is 3.11. The lowest BCUT2D eigenvalue weighted by molar-refractivity contribution is -0.147. The van der Waals surface area contributed by atoms with Gasteiger partial charge in [0, 0.05) is 0 Å². The number of rotatable bonds is 2. The molecule has 0 bridgehead atoms. The zero-order valence-electron chi connectivity index (χ0n) is 7.06. The third-order valence-corrected chi connectivity index (χ3v) is 2.31. The fraction of sp³-hybridized carbons (Fsp3) is 0.857. The summed E-state index contributed by atoms with van der Waals surface area (Å²) >= 11 is 0. The average molecular weight is 172 g/mol. The highest BCUT2D eigenvalue weighted by molar-refractivity contribution is 6.45. The van der Waals surface area contributed by atoms with Crippen molar-refractivity contribution < 1.29 is 19.6 Å². The summed E-state index contributed by atoms with van der Waals surface area (Å²) in [5.41, 5.74) is 0. The van der Waals surface area contributed by atoms with Gasteiger partial charge < -0.3 is 14.8 Å². The van der Waals surface area contributed by atoms with Gasteiger partial charge in [0.2, 0.25) is 0 Å². The van der Waals surface area contributed by atoms with Gasteiger partial charge in [-0.25, -0.2) is 4.79 Å². The summed E-state index contributed by atoms with van der Waals surface area (Å²) in [6, 6.07) is 0. The lowest BCUT2D eigenvalue weighted by Gasteiger charge is -2.27. The van der Waals surface area contributed by atoms with Crippen LogP contribution in [0.4, 0.5) is 0 Å². The Morgan fingerprint density at radius 2 is 2.33 bits per heavy atom. The van der Waals surface area contributed by atoms with Gasteiger partial charge in [0.15, 0.2) is 0 Å². The van der Waals surface area contributed by atoms with Crippen LogP contribution >= 0.6 is 0 Å². The molecule has 68 valence electrons. The smallest absolute Gasteiger partial charge is 0.458 e. The van der Waals surface area contributed by atoms with Crippen LogP contribution in [0.3, 0.4) is 0 Å². The fourth-order valence-corrected chi connectivity index (χ4v) is 1.44. The van der Waals surface area contributed by atoms with E-state index in [9.17, 15) is 9.82 Å². The third kappa shape index (κ3) is 1.98. The van der Waals surface area contributed by atoms with Crippen molar-refractivity contribution in [1.29, 1.82) is 0 Å². The maximum absolute atomic E-state index is 10.5. The van der Waals surface area contributed by atoms with Crippen molar-refractivity contribution in [2.45, 2.75) is 38.1 Å². The number of carboxylic acids is 1. The first kappa shape index (κ1) is 9.54. The Labute approximate surface area is 71.7 Å². The SMILES string of the molecule is CC[C@H]1CC[C@H](C(=O)O)OB1O. The lowest BCUT2D eigenvalue weighted by Crippen LogP contribution is -2.39. The summed E-state index contributed by atoms with van der Waals surface area (Å²) in [4.78, 5) is 10.5. The molecule has 4 nitrogen and oxygen atoms in total. The van der Waals surface area contributed by atoms with Crippen LogP contribution < -0.4 is 0 Å². The molecular weight excluding hydrogens is 159 g/mol. The number of carbonyl (C=O) groups is 1. The van der Waals surface area contributed by atoms with Crippen molar-refractivity contribution in [3.05, 3.63) is 0 Å². The molecule has 1 heterocycles. The van der Waals surface area contributed by atoms with E-state index in [1.165, 1.54) is 0 Å². The van der Waals surface area contributed by atoms with Gasteiger partial charge in [-0.1, -0.05) is 13.3 Å². The largest absolute Gasteiger partial charge is 0.479 e. The van der Waals surface area contributed by atoms with Crippen molar-refractivity contribution in [2.75, 3.05) is 0 Å². The van der Waals surface area contributed by atoms with Crippen LogP contribution in [-0.4, -0.2) is 29.3 Å². The number of hydrogen-bond donors (Lipinski definition) is 2. The van der Waals surface area contributed by atoms with E-state index >= 15 is 0 Å². The molecule has 1 fully saturated rings. The normalized spacial score (nSPS) is 30.3. The molecule has 0 aromatic rings. The van der Waals surface area contributed by atoms with Crippen LogP contribution in [0.15, 0.2) is 0 Å². The molecule has 2 N–H and O–H groups in total. The first-order valence-electron chi connectivity index (χ1n) is 4.21. The first-order valence-corrected chi connectivity index (χ1v) is 4.21. The number of aliphatic carboxylic acids is 1. The molecule has 2 atom stereocenters. The maximum Gasteiger partial charge on any atom is 0.458 e. The topological polar surface area (TPSA) is 66.8 Å². The Hall–Kier alpha value is -0.545. The van der Waals surface area contributed by atoms with Crippen LogP contribution in [0.1, 0.15) is 26.2 Å². The van der Waals surface area contributed by atoms with Crippen LogP contribution in [-0.2, 0) is 9.45 Å².